The Morgan fingerprint density at radius 1 is 0.897 bits per heavy atom. The summed E-state index contributed by atoms with van der Waals surface area (Å²) in [6, 6.07) is 22.2. The van der Waals surface area contributed by atoms with Gasteiger partial charge in [-0.15, -0.1) is 0 Å². The summed E-state index contributed by atoms with van der Waals surface area (Å²) in [7, 11) is -3.55. The summed E-state index contributed by atoms with van der Waals surface area (Å²) in [5, 5.41) is 3.59. The first-order valence-corrected chi connectivity index (χ1v) is 15.1. The maximum Gasteiger partial charge on any atom is 0.247 e. The van der Waals surface area contributed by atoms with Crippen LogP contribution in [-0.4, -0.2) is 38.2 Å². The fraction of sp³-hybridized carbons (Fsp3) is 0.333. The van der Waals surface area contributed by atoms with Crippen molar-refractivity contribution in [1.29, 1.82) is 0 Å². The normalized spacial score (nSPS) is 12.1. The van der Waals surface area contributed by atoms with Gasteiger partial charge >= 0.3 is 0 Å². The number of sulfonamides is 1. The Bertz CT molecular complexity index is 1310. The first kappa shape index (κ1) is 30.3. The van der Waals surface area contributed by atoms with E-state index in [1.807, 2.05) is 42.5 Å². The predicted molar refractivity (Wildman–Crippen MR) is 155 cm³/mol. The van der Waals surface area contributed by atoms with Gasteiger partial charge in [0.25, 0.3) is 0 Å². The van der Waals surface area contributed by atoms with Crippen LogP contribution in [0.25, 0.3) is 0 Å². The minimum absolute atomic E-state index is 0.151. The van der Waals surface area contributed by atoms with Crippen LogP contribution in [0.3, 0.4) is 0 Å². The van der Waals surface area contributed by atoms with E-state index in [9.17, 15) is 18.0 Å². The number of nitrogens with zero attached hydrogens (tertiary/aromatic N) is 1. The van der Waals surface area contributed by atoms with E-state index in [4.69, 9.17) is 11.6 Å². The minimum atomic E-state index is -3.55. The third-order valence-corrected chi connectivity index (χ3v) is 8.10. The Balaban J connectivity index is 1.87. The molecule has 0 aliphatic rings. The molecule has 0 spiro atoms. The molecule has 39 heavy (non-hydrogen) atoms. The third kappa shape index (κ3) is 8.92. The number of hydrogen-bond donors (Lipinski definition) is 2. The first-order valence-electron chi connectivity index (χ1n) is 13.2. The molecule has 1 atom stereocenters. The van der Waals surface area contributed by atoms with E-state index < -0.39 is 16.1 Å². The van der Waals surface area contributed by atoms with Gasteiger partial charge in [0, 0.05) is 31.1 Å². The Morgan fingerprint density at radius 3 is 2.15 bits per heavy atom. The largest absolute Gasteiger partial charge is 0.354 e. The van der Waals surface area contributed by atoms with Crippen molar-refractivity contribution >= 4 is 33.4 Å². The molecular formula is C30H36ClN3O4S. The lowest BCUT2D eigenvalue weighted by Gasteiger charge is -2.32. The lowest BCUT2D eigenvalue weighted by molar-refractivity contribution is -0.141. The fourth-order valence-electron chi connectivity index (χ4n) is 4.21. The van der Waals surface area contributed by atoms with Crippen molar-refractivity contribution in [3.05, 3.63) is 101 Å². The molecule has 7 nitrogen and oxygen atoms in total. The van der Waals surface area contributed by atoms with Crippen LogP contribution in [-0.2, 0) is 32.6 Å². The highest BCUT2D eigenvalue weighted by molar-refractivity contribution is 7.89. The molecule has 0 fully saturated rings. The van der Waals surface area contributed by atoms with Gasteiger partial charge in [0.05, 0.1) is 4.90 Å². The topological polar surface area (TPSA) is 95.6 Å². The summed E-state index contributed by atoms with van der Waals surface area (Å²) >= 11 is 6.08. The zero-order valence-corrected chi connectivity index (χ0v) is 24.0. The van der Waals surface area contributed by atoms with Gasteiger partial charge in [-0.25, -0.2) is 13.1 Å². The number of benzene rings is 3. The highest BCUT2D eigenvalue weighted by Gasteiger charge is 2.31. The highest BCUT2D eigenvalue weighted by Crippen LogP contribution is 2.26. The Morgan fingerprint density at radius 2 is 1.54 bits per heavy atom. The second kappa shape index (κ2) is 14.8. The number of carbonyl (C=O) groups excluding carboxylic acids is 2. The Labute approximate surface area is 236 Å². The lowest BCUT2D eigenvalue weighted by Crippen LogP contribution is -2.43. The molecule has 3 rings (SSSR count). The molecule has 0 aromatic heterocycles. The van der Waals surface area contributed by atoms with E-state index in [1.165, 1.54) is 12.1 Å². The SMILES string of the molecule is CCCCNC(=O)C(c1ccccc1)N(Cc1ccc(Cl)cc1)C(=O)CCc1ccc(S(=O)(=O)NCC)cc1. The lowest BCUT2D eigenvalue weighted by atomic mass is 10.0. The number of carbonyl (C=O) groups is 2. The standard InChI is InChI=1S/C30H36ClN3O4S/c1-3-5-21-32-30(36)29(25-9-7-6-8-10-25)34(22-24-11-16-26(31)17-12-24)28(35)20-15-23-13-18-27(19-14-23)39(37,38)33-4-2/h6-14,16-19,29,33H,3-5,15,20-22H2,1-2H3,(H,32,36). The third-order valence-electron chi connectivity index (χ3n) is 6.29. The van der Waals surface area contributed by atoms with Crippen LogP contribution in [0.5, 0.6) is 0 Å². The predicted octanol–water partition coefficient (Wildman–Crippen LogP) is 5.26. The summed E-state index contributed by atoms with van der Waals surface area (Å²) in [6.07, 6.45) is 2.34. The molecule has 3 aromatic carbocycles. The van der Waals surface area contributed by atoms with Gasteiger partial charge in [0.15, 0.2) is 0 Å². The molecule has 0 radical (unpaired) electrons. The van der Waals surface area contributed by atoms with Crippen LogP contribution in [0.1, 0.15) is 55.8 Å². The van der Waals surface area contributed by atoms with Gasteiger partial charge in [0.2, 0.25) is 21.8 Å². The van der Waals surface area contributed by atoms with Gasteiger partial charge in [-0.1, -0.05) is 86.5 Å². The molecule has 1 unspecified atom stereocenters. The smallest absolute Gasteiger partial charge is 0.247 e. The molecule has 0 aliphatic carbocycles. The maximum atomic E-state index is 13.8. The van der Waals surface area contributed by atoms with Gasteiger partial charge in [-0.3, -0.25) is 9.59 Å². The van der Waals surface area contributed by atoms with Crippen LogP contribution in [0.2, 0.25) is 5.02 Å². The zero-order chi connectivity index (χ0) is 28.3. The van der Waals surface area contributed by atoms with Crippen molar-refractivity contribution < 1.29 is 18.0 Å². The molecular weight excluding hydrogens is 534 g/mol. The Hall–Kier alpha value is -3.20. The summed E-state index contributed by atoms with van der Waals surface area (Å²) < 4.78 is 27.0. The number of rotatable bonds is 14. The van der Waals surface area contributed by atoms with E-state index in [0.29, 0.717) is 24.5 Å². The second-order valence-electron chi connectivity index (χ2n) is 9.25. The van der Waals surface area contributed by atoms with Crippen LogP contribution < -0.4 is 10.0 Å². The second-order valence-corrected chi connectivity index (χ2v) is 11.5. The Kier molecular flexibility index (Phi) is 11.5. The summed E-state index contributed by atoms with van der Waals surface area (Å²) in [5.74, 6) is -0.413. The van der Waals surface area contributed by atoms with Crippen molar-refractivity contribution in [3.8, 4) is 0 Å². The molecule has 0 aliphatic heterocycles. The van der Waals surface area contributed by atoms with Crippen molar-refractivity contribution in [1.82, 2.24) is 14.9 Å². The van der Waals surface area contributed by atoms with Crippen molar-refractivity contribution in [2.75, 3.05) is 13.1 Å². The zero-order valence-electron chi connectivity index (χ0n) is 22.4. The molecule has 0 saturated heterocycles. The average Bonchev–Trinajstić information content (AvgIpc) is 2.93. The molecule has 9 heteroatoms. The summed E-state index contributed by atoms with van der Waals surface area (Å²) in [4.78, 5) is 29.0. The molecule has 2 amide bonds. The highest BCUT2D eigenvalue weighted by atomic mass is 35.5. The van der Waals surface area contributed by atoms with Crippen LogP contribution in [0, 0.1) is 0 Å². The number of amides is 2. The monoisotopic (exact) mass is 569 g/mol. The molecule has 0 heterocycles. The number of hydrogen-bond acceptors (Lipinski definition) is 4. The van der Waals surface area contributed by atoms with Gasteiger partial charge in [-0.2, -0.15) is 0 Å². The molecule has 208 valence electrons. The number of halogens is 1. The van der Waals surface area contributed by atoms with Crippen LogP contribution in [0.4, 0.5) is 0 Å². The first-order chi connectivity index (χ1) is 18.7. The van der Waals surface area contributed by atoms with E-state index in [-0.39, 0.29) is 29.7 Å². The van der Waals surface area contributed by atoms with E-state index >= 15 is 0 Å². The van der Waals surface area contributed by atoms with E-state index in [2.05, 4.69) is 17.0 Å². The van der Waals surface area contributed by atoms with Crippen molar-refractivity contribution in [2.45, 2.75) is 57.0 Å². The average molecular weight is 570 g/mol. The van der Waals surface area contributed by atoms with Gasteiger partial charge in [-0.05, 0) is 53.8 Å². The molecule has 0 bridgehead atoms. The van der Waals surface area contributed by atoms with Crippen LogP contribution >= 0.6 is 11.6 Å². The van der Waals surface area contributed by atoms with Gasteiger partial charge < -0.3 is 10.2 Å². The quantitative estimate of drug-likeness (QED) is 0.259. The number of unbranched alkanes of at least 4 members (excludes halogenated alkanes) is 1. The maximum absolute atomic E-state index is 13.8. The van der Waals surface area contributed by atoms with E-state index in [1.54, 1.807) is 36.1 Å². The summed E-state index contributed by atoms with van der Waals surface area (Å²) in [6.45, 7) is 4.84. The summed E-state index contributed by atoms with van der Waals surface area (Å²) in [5.41, 5.74) is 2.41. The molecule has 3 aromatic rings. The van der Waals surface area contributed by atoms with Crippen molar-refractivity contribution in [2.24, 2.45) is 0 Å². The van der Waals surface area contributed by atoms with E-state index in [0.717, 1.165) is 29.5 Å². The van der Waals surface area contributed by atoms with Crippen LogP contribution in [0.15, 0.2) is 83.8 Å². The molecule has 2 N–H and O–H groups in total. The van der Waals surface area contributed by atoms with Crippen molar-refractivity contribution in [3.63, 3.8) is 0 Å². The minimum Gasteiger partial charge on any atom is -0.354 e. The number of nitrogens with one attached hydrogen (secondary N) is 2. The van der Waals surface area contributed by atoms with Gasteiger partial charge in [0.1, 0.15) is 6.04 Å². The molecule has 0 saturated carbocycles. The fourth-order valence-corrected chi connectivity index (χ4v) is 5.37. The number of aryl methyl sites for hydroxylation is 1.